The molecule has 0 saturated heterocycles. The van der Waals surface area contributed by atoms with E-state index in [1.165, 1.54) is 5.56 Å². The highest BCUT2D eigenvalue weighted by Gasteiger charge is 1.99. The van der Waals surface area contributed by atoms with E-state index < -0.39 is 0 Å². The SMILES string of the molecule is CCOC(=O)CC=Cc1cccc(C(C)C)c1. The van der Waals surface area contributed by atoms with E-state index in [0.717, 1.165) is 5.56 Å². The first-order chi connectivity index (χ1) is 8.13. The quantitative estimate of drug-likeness (QED) is 0.722. The van der Waals surface area contributed by atoms with Crippen LogP contribution < -0.4 is 0 Å². The van der Waals surface area contributed by atoms with Crippen LogP contribution in [-0.2, 0) is 9.53 Å². The second kappa shape index (κ2) is 6.89. The second-order valence-corrected chi connectivity index (χ2v) is 4.24. The molecule has 1 aromatic rings. The molecule has 0 fully saturated rings. The van der Waals surface area contributed by atoms with Crippen molar-refractivity contribution >= 4 is 12.0 Å². The summed E-state index contributed by atoms with van der Waals surface area (Å²) in [5.74, 6) is 0.345. The molecule has 0 aliphatic rings. The third-order valence-electron chi connectivity index (χ3n) is 2.48. The zero-order chi connectivity index (χ0) is 12.7. The van der Waals surface area contributed by atoms with Gasteiger partial charge in [-0.2, -0.15) is 0 Å². The summed E-state index contributed by atoms with van der Waals surface area (Å²) in [7, 11) is 0. The highest BCUT2D eigenvalue weighted by molar-refractivity contribution is 5.72. The van der Waals surface area contributed by atoms with Crippen LogP contribution in [-0.4, -0.2) is 12.6 Å². The van der Waals surface area contributed by atoms with Crippen LogP contribution in [0.2, 0.25) is 0 Å². The van der Waals surface area contributed by atoms with Crippen LogP contribution >= 0.6 is 0 Å². The van der Waals surface area contributed by atoms with E-state index in [-0.39, 0.29) is 5.97 Å². The predicted molar refractivity (Wildman–Crippen MR) is 70.8 cm³/mol. The molecule has 0 heterocycles. The Morgan fingerprint density at radius 1 is 1.41 bits per heavy atom. The summed E-state index contributed by atoms with van der Waals surface area (Å²) in [5, 5.41) is 0. The van der Waals surface area contributed by atoms with E-state index in [9.17, 15) is 4.79 Å². The lowest BCUT2D eigenvalue weighted by Crippen LogP contribution is -2.01. The van der Waals surface area contributed by atoms with Gasteiger partial charge < -0.3 is 4.74 Å². The average molecular weight is 232 g/mol. The van der Waals surface area contributed by atoms with E-state index in [1.807, 2.05) is 31.2 Å². The fourth-order valence-electron chi connectivity index (χ4n) is 1.53. The Balaban J connectivity index is 2.59. The van der Waals surface area contributed by atoms with Crippen molar-refractivity contribution in [2.45, 2.75) is 33.1 Å². The maximum Gasteiger partial charge on any atom is 0.309 e. The molecule has 0 radical (unpaired) electrons. The van der Waals surface area contributed by atoms with Crippen molar-refractivity contribution in [2.75, 3.05) is 6.61 Å². The molecule has 17 heavy (non-hydrogen) atoms. The highest BCUT2D eigenvalue weighted by atomic mass is 16.5. The van der Waals surface area contributed by atoms with Crippen molar-refractivity contribution in [3.05, 3.63) is 41.5 Å². The fraction of sp³-hybridized carbons (Fsp3) is 0.400. The van der Waals surface area contributed by atoms with E-state index in [4.69, 9.17) is 4.74 Å². The molecular formula is C15H20O2. The lowest BCUT2D eigenvalue weighted by Gasteiger charge is -2.05. The Labute approximate surface area is 103 Å². The number of rotatable bonds is 5. The third kappa shape index (κ3) is 4.85. The summed E-state index contributed by atoms with van der Waals surface area (Å²) in [6, 6.07) is 8.34. The van der Waals surface area contributed by atoms with E-state index >= 15 is 0 Å². The molecule has 0 unspecified atom stereocenters. The summed E-state index contributed by atoms with van der Waals surface area (Å²) in [6.45, 7) is 6.59. The largest absolute Gasteiger partial charge is 0.466 e. The van der Waals surface area contributed by atoms with Gasteiger partial charge in [0.2, 0.25) is 0 Å². The van der Waals surface area contributed by atoms with Gasteiger partial charge in [0.25, 0.3) is 0 Å². The summed E-state index contributed by atoms with van der Waals surface area (Å²) in [4.78, 5) is 11.1. The van der Waals surface area contributed by atoms with Crippen molar-refractivity contribution in [1.82, 2.24) is 0 Å². The molecule has 0 N–H and O–H groups in total. The van der Waals surface area contributed by atoms with Gasteiger partial charge in [0, 0.05) is 0 Å². The summed E-state index contributed by atoms with van der Waals surface area (Å²) in [6.07, 6.45) is 4.14. The fourth-order valence-corrected chi connectivity index (χ4v) is 1.53. The van der Waals surface area contributed by atoms with Crippen LogP contribution in [0.3, 0.4) is 0 Å². The van der Waals surface area contributed by atoms with Gasteiger partial charge in [0.15, 0.2) is 0 Å². The molecule has 0 atom stereocenters. The van der Waals surface area contributed by atoms with Gasteiger partial charge >= 0.3 is 5.97 Å². The summed E-state index contributed by atoms with van der Waals surface area (Å²) >= 11 is 0. The van der Waals surface area contributed by atoms with E-state index in [2.05, 4.69) is 26.0 Å². The number of benzene rings is 1. The molecule has 2 nitrogen and oxygen atoms in total. The number of ether oxygens (including phenoxy) is 1. The van der Waals surface area contributed by atoms with Crippen molar-refractivity contribution < 1.29 is 9.53 Å². The van der Waals surface area contributed by atoms with Crippen LogP contribution in [0.4, 0.5) is 0 Å². The topological polar surface area (TPSA) is 26.3 Å². The molecule has 92 valence electrons. The number of carbonyl (C=O) groups is 1. The van der Waals surface area contributed by atoms with Crippen LogP contribution in [0.15, 0.2) is 30.3 Å². The van der Waals surface area contributed by atoms with Crippen LogP contribution in [0.5, 0.6) is 0 Å². The Bertz CT molecular complexity index is 392. The Morgan fingerprint density at radius 3 is 2.82 bits per heavy atom. The standard InChI is InChI=1S/C15H20O2/c1-4-17-15(16)10-6-8-13-7-5-9-14(11-13)12(2)3/h5-9,11-12H,4,10H2,1-3H3. The molecule has 0 spiro atoms. The lowest BCUT2D eigenvalue weighted by atomic mass is 10.0. The molecule has 0 aliphatic carbocycles. The van der Waals surface area contributed by atoms with Gasteiger partial charge in [-0.15, -0.1) is 0 Å². The number of esters is 1. The molecule has 0 aliphatic heterocycles. The van der Waals surface area contributed by atoms with Gasteiger partial charge in [-0.05, 0) is 24.0 Å². The van der Waals surface area contributed by atoms with Gasteiger partial charge in [0.1, 0.15) is 0 Å². The molecule has 1 rings (SSSR count). The number of hydrogen-bond donors (Lipinski definition) is 0. The zero-order valence-corrected chi connectivity index (χ0v) is 10.8. The van der Waals surface area contributed by atoms with Gasteiger partial charge in [-0.25, -0.2) is 0 Å². The first-order valence-electron chi connectivity index (χ1n) is 6.05. The van der Waals surface area contributed by atoms with Crippen LogP contribution in [0.25, 0.3) is 6.08 Å². The molecular weight excluding hydrogens is 212 g/mol. The first-order valence-corrected chi connectivity index (χ1v) is 6.05. The monoisotopic (exact) mass is 232 g/mol. The van der Waals surface area contributed by atoms with Crippen LogP contribution in [0.1, 0.15) is 44.2 Å². The minimum Gasteiger partial charge on any atom is -0.466 e. The highest BCUT2D eigenvalue weighted by Crippen LogP contribution is 2.16. The second-order valence-electron chi connectivity index (χ2n) is 4.24. The Morgan fingerprint density at radius 2 is 2.18 bits per heavy atom. The molecule has 1 aromatic carbocycles. The zero-order valence-electron chi connectivity index (χ0n) is 10.8. The van der Waals surface area contributed by atoms with Gasteiger partial charge in [-0.1, -0.05) is 50.3 Å². The van der Waals surface area contributed by atoms with E-state index in [0.29, 0.717) is 18.9 Å². The number of hydrogen-bond acceptors (Lipinski definition) is 2. The van der Waals surface area contributed by atoms with Gasteiger partial charge in [0.05, 0.1) is 13.0 Å². The molecule has 2 heteroatoms. The number of carbonyl (C=O) groups excluding carboxylic acids is 1. The predicted octanol–water partition coefficient (Wildman–Crippen LogP) is 3.78. The molecule has 0 bridgehead atoms. The normalized spacial score (nSPS) is 11.1. The lowest BCUT2D eigenvalue weighted by molar-refractivity contribution is -0.142. The van der Waals surface area contributed by atoms with Crippen molar-refractivity contribution in [3.63, 3.8) is 0 Å². The van der Waals surface area contributed by atoms with Crippen molar-refractivity contribution in [1.29, 1.82) is 0 Å². The maximum atomic E-state index is 11.1. The minimum atomic E-state index is -0.177. The molecule has 0 amide bonds. The first kappa shape index (κ1) is 13.5. The van der Waals surface area contributed by atoms with Gasteiger partial charge in [-0.3, -0.25) is 4.79 Å². The molecule has 0 saturated carbocycles. The minimum absolute atomic E-state index is 0.177. The smallest absolute Gasteiger partial charge is 0.309 e. The summed E-state index contributed by atoms with van der Waals surface area (Å²) in [5.41, 5.74) is 2.43. The van der Waals surface area contributed by atoms with E-state index in [1.54, 1.807) is 0 Å². The van der Waals surface area contributed by atoms with Crippen LogP contribution in [0, 0.1) is 0 Å². The summed E-state index contributed by atoms with van der Waals surface area (Å²) < 4.78 is 4.85. The van der Waals surface area contributed by atoms with Crippen molar-refractivity contribution in [2.24, 2.45) is 0 Å². The molecule has 0 aromatic heterocycles. The Kier molecular flexibility index (Phi) is 5.47. The Hall–Kier alpha value is -1.57. The maximum absolute atomic E-state index is 11.1. The average Bonchev–Trinajstić information content (AvgIpc) is 2.30. The van der Waals surface area contributed by atoms with Crippen molar-refractivity contribution in [3.8, 4) is 0 Å². The third-order valence-corrected chi connectivity index (χ3v) is 2.48.